The second-order valence-electron chi connectivity index (χ2n) is 6.15. The lowest BCUT2D eigenvalue weighted by Crippen LogP contribution is -2.19. The smallest absolute Gasteiger partial charge is 0.289 e. The van der Waals surface area contributed by atoms with Gasteiger partial charge in [-0.3, -0.25) is 9.89 Å². The molecular formula is C20H20N4O2. The van der Waals surface area contributed by atoms with E-state index >= 15 is 0 Å². The van der Waals surface area contributed by atoms with Crippen molar-refractivity contribution >= 4 is 11.6 Å². The number of benzene rings is 2. The van der Waals surface area contributed by atoms with E-state index in [1.54, 1.807) is 37.3 Å². The Morgan fingerprint density at radius 1 is 1.08 bits per heavy atom. The van der Waals surface area contributed by atoms with E-state index in [4.69, 9.17) is 0 Å². The molecule has 6 heteroatoms. The van der Waals surface area contributed by atoms with Gasteiger partial charge in [-0.1, -0.05) is 12.1 Å². The first-order valence-electron chi connectivity index (χ1n) is 8.21. The van der Waals surface area contributed by atoms with Crippen molar-refractivity contribution in [1.29, 1.82) is 0 Å². The largest absolute Gasteiger partial charge is 0.508 e. The molecule has 0 aliphatic carbocycles. The third-order valence-electron chi connectivity index (χ3n) is 4.24. The Labute approximate surface area is 151 Å². The van der Waals surface area contributed by atoms with Crippen LogP contribution in [0, 0.1) is 13.8 Å². The maximum atomic E-state index is 12.3. The average Bonchev–Trinajstić information content (AvgIpc) is 3.12. The minimum Gasteiger partial charge on any atom is -0.508 e. The molecular weight excluding hydrogens is 328 g/mol. The predicted molar refractivity (Wildman–Crippen MR) is 101 cm³/mol. The van der Waals surface area contributed by atoms with E-state index in [2.05, 4.69) is 27.6 Å². The van der Waals surface area contributed by atoms with E-state index in [1.807, 2.05) is 25.1 Å². The number of hydrogen-bond donors (Lipinski definition) is 3. The van der Waals surface area contributed by atoms with Crippen LogP contribution >= 0.6 is 0 Å². The number of hydrazone groups is 1. The van der Waals surface area contributed by atoms with Crippen LogP contribution in [-0.2, 0) is 0 Å². The Morgan fingerprint density at radius 2 is 1.81 bits per heavy atom. The summed E-state index contributed by atoms with van der Waals surface area (Å²) in [5.74, 6) is -0.187. The number of rotatable bonds is 4. The van der Waals surface area contributed by atoms with Crippen molar-refractivity contribution in [3.05, 3.63) is 70.9 Å². The van der Waals surface area contributed by atoms with Crippen molar-refractivity contribution in [3.8, 4) is 17.0 Å². The second-order valence-corrected chi connectivity index (χ2v) is 6.15. The number of aryl methyl sites for hydroxylation is 2. The van der Waals surface area contributed by atoms with Crippen LogP contribution in [0.5, 0.6) is 5.75 Å². The van der Waals surface area contributed by atoms with Crippen LogP contribution in [0.2, 0.25) is 0 Å². The van der Waals surface area contributed by atoms with Crippen LogP contribution in [0.4, 0.5) is 0 Å². The van der Waals surface area contributed by atoms with Crippen LogP contribution in [0.25, 0.3) is 11.3 Å². The van der Waals surface area contributed by atoms with Gasteiger partial charge in [-0.05, 0) is 73.9 Å². The van der Waals surface area contributed by atoms with E-state index in [-0.39, 0.29) is 11.7 Å². The minimum atomic E-state index is -0.370. The Morgan fingerprint density at radius 3 is 2.50 bits per heavy atom. The van der Waals surface area contributed by atoms with Crippen LogP contribution in [-0.4, -0.2) is 26.9 Å². The Hall–Kier alpha value is -3.41. The van der Waals surface area contributed by atoms with Crippen molar-refractivity contribution in [3.63, 3.8) is 0 Å². The fraction of sp³-hybridized carbons (Fsp3) is 0.150. The summed E-state index contributed by atoms with van der Waals surface area (Å²) in [5.41, 5.74) is 8.33. The summed E-state index contributed by atoms with van der Waals surface area (Å²) in [7, 11) is 0. The molecule has 26 heavy (non-hydrogen) atoms. The molecule has 3 rings (SSSR count). The summed E-state index contributed by atoms with van der Waals surface area (Å²) < 4.78 is 0. The molecule has 3 aromatic rings. The van der Waals surface area contributed by atoms with E-state index in [0.29, 0.717) is 17.1 Å². The summed E-state index contributed by atoms with van der Waals surface area (Å²) in [6, 6.07) is 14.4. The van der Waals surface area contributed by atoms with Crippen molar-refractivity contribution in [2.45, 2.75) is 20.8 Å². The molecule has 0 atom stereocenters. The highest BCUT2D eigenvalue weighted by Gasteiger charge is 2.11. The van der Waals surface area contributed by atoms with Crippen LogP contribution < -0.4 is 5.43 Å². The number of aromatic nitrogens is 2. The lowest BCUT2D eigenvalue weighted by atomic mass is 10.0. The average molecular weight is 348 g/mol. The normalized spacial score (nSPS) is 11.4. The summed E-state index contributed by atoms with van der Waals surface area (Å²) in [6.07, 6.45) is 0. The second kappa shape index (κ2) is 7.23. The first kappa shape index (κ1) is 17.4. The van der Waals surface area contributed by atoms with Gasteiger partial charge in [0, 0.05) is 5.56 Å². The zero-order chi connectivity index (χ0) is 18.7. The van der Waals surface area contributed by atoms with Gasteiger partial charge < -0.3 is 5.11 Å². The van der Waals surface area contributed by atoms with Gasteiger partial charge in [-0.15, -0.1) is 0 Å². The Balaban J connectivity index is 1.72. The molecule has 6 nitrogen and oxygen atoms in total. The number of aromatic amines is 1. The summed E-state index contributed by atoms with van der Waals surface area (Å²) >= 11 is 0. The molecule has 0 saturated heterocycles. The van der Waals surface area contributed by atoms with Crippen LogP contribution in [0.3, 0.4) is 0 Å². The third kappa shape index (κ3) is 3.80. The van der Waals surface area contributed by atoms with Crippen molar-refractivity contribution in [2.75, 3.05) is 0 Å². The molecule has 0 fully saturated rings. The van der Waals surface area contributed by atoms with Gasteiger partial charge in [0.2, 0.25) is 0 Å². The molecule has 0 radical (unpaired) electrons. The summed E-state index contributed by atoms with van der Waals surface area (Å²) in [5, 5.41) is 20.4. The number of phenolic OH excluding ortho intramolecular Hbond substituents is 1. The van der Waals surface area contributed by atoms with Gasteiger partial charge in [0.15, 0.2) is 0 Å². The highest BCUT2D eigenvalue weighted by atomic mass is 16.3. The number of carbonyl (C=O) groups is 1. The maximum absolute atomic E-state index is 12.3. The zero-order valence-electron chi connectivity index (χ0n) is 14.9. The lowest BCUT2D eigenvalue weighted by molar-refractivity contribution is 0.0950. The van der Waals surface area contributed by atoms with Gasteiger partial charge in [0.05, 0.1) is 11.4 Å². The molecule has 1 amide bonds. The number of amides is 1. The number of hydrogen-bond acceptors (Lipinski definition) is 4. The molecule has 0 unspecified atom stereocenters. The van der Waals surface area contributed by atoms with Gasteiger partial charge in [0.25, 0.3) is 5.91 Å². The molecule has 0 bridgehead atoms. The Kier molecular flexibility index (Phi) is 4.84. The number of nitrogens with zero attached hydrogens (tertiary/aromatic N) is 2. The SMILES string of the molecule is CC(=NNC(=O)c1cc(-c2ccc(C)c(C)c2)n[nH]1)c1ccc(O)cc1. The Bertz CT molecular complexity index is 972. The predicted octanol–water partition coefficient (Wildman–Crippen LogP) is 3.55. The van der Waals surface area contributed by atoms with Gasteiger partial charge >= 0.3 is 0 Å². The summed E-state index contributed by atoms with van der Waals surface area (Å²) in [6.45, 7) is 5.87. The van der Waals surface area contributed by atoms with Crippen molar-refractivity contribution < 1.29 is 9.90 Å². The minimum absolute atomic E-state index is 0.182. The molecule has 1 aromatic heterocycles. The first-order valence-corrected chi connectivity index (χ1v) is 8.21. The molecule has 3 N–H and O–H groups in total. The molecule has 132 valence electrons. The van der Waals surface area contributed by atoms with Gasteiger partial charge in [-0.2, -0.15) is 10.2 Å². The van der Waals surface area contributed by atoms with Crippen LogP contribution in [0.15, 0.2) is 53.6 Å². The van der Waals surface area contributed by atoms with Gasteiger partial charge in [0.1, 0.15) is 11.4 Å². The lowest BCUT2D eigenvalue weighted by Gasteiger charge is -2.02. The molecule has 2 aromatic carbocycles. The molecule has 0 spiro atoms. The highest BCUT2D eigenvalue weighted by molar-refractivity contribution is 6.00. The first-order chi connectivity index (χ1) is 12.4. The highest BCUT2D eigenvalue weighted by Crippen LogP contribution is 2.21. The zero-order valence-corrected chi connectivity index (χ0v) is 14.9. The van der Waals surface area contributed by atoms with E-state index in [9.17, 15) is 9.90 Å². The fourth-order valence-electron chi connectivity index (χ4n) is 2.45. The molecule has 0 aliphatic rings. The van der Waals surface area contributed by atoms with E-state index in [1.165, 1.54) is 11.1 Å². The molecule has 1 heterocycles. The van der Waals surface area contributed by atoms with Gasteiger partial charge in [-0.25, -0.2) is 5.43 Å². The van der Waals surface area contributed by atoms with E-state index in [0.717, 1.165) is 11.1 Å². The van der Waals surface area contributed by atoms with Crippen LogP contribution in [0.1, 0.15) is 34.1 Å². The molecule has 0 saturated carbocycles. The topological polar surface area (TPSA) is 90.4 Å². The third-order valence-corrected chi connectivity index (χ3v) is 4.24. The molecule has 0 aliphatic heterocycles. The number of phenols is 1. The van der Waals surface area contributed by atoms with Crippen molar-refractivity contribution in [2.24, 2.45) is 5.10 Å². The number of aromatic hydroxyl groups is 1. The summed E-state index contributed by atoms with van der Waals surface area (Å²) in [4.78, 5) is 12.3. The monoisotopic (exact) mass is 348 g/mol. The van der Waals surface area contributed by atoms with E-state index < -0.39 is 0 Å². The van der Waals surface area contributed by atoms with Crippen molar-refractivity contribution in [1.82, 2.24) is 15.6 Å². The number of carbonyl (C=O) groups excluding carboxylic acids is 1. The quantitative estimate of drug-likeness (QED) is 0.497. The maximum Gasteiger partial charge on any atom is 0.289 e. The number of H-pyrrole nitrogens is 1. The standard InChI is InChI=1S/C20H20N4O2/c1-12-4-5-16(10-13(12)2)18-11-19(23-22-18)20(26)24-21-14(3)15-6-8-17(25)9-7-15/h4-11,25H,1-3H3,(H,22,23)(H,24,26). The fourth-order valence-corrected chi connectivity index (χ4v) is 2.45. The number of nitrogens with one attached hydrogen (secondary N) is 2.